The second-order valence-corrected chi connectivity index (χ2v) is 5.79. The Morgan fingerprint density at radius 2 is 1.78 bits per heavy atom. The smallest absolute Gasteiger partial charge is 0.292 e. The second-order valence-electron chi connectivity index (χ2n) is 5.41. The molecular weight excluding hydrogens is 383 g/mol. The van der Waals surface area contributed by atoms with E-state index < -0.39 is 17.2 Å². The number of hydrogen-bond acceptors (Lipinski definition) is 4. The molecule has 0 atom stereocenters. The number of nitrogens with one attached hydrogen (secondary N) is 1. The van der Waals surface area contributed by atoms with Crippen molar-refractivity contribution in [2.45, 2.75) is 0 Å². The first-order valence-electron chi connectivity index (χ1n) is 7.81. The Kier molecular flexibility index (Phi) is 5.66. The summed E-state index contributed by atoms with van der Waals surface area (Å²) >= 11 is 6.03. The van der Waals surface area contributed by atoms with Gasteiger partial charge in [-0.1, -0.05) is 11.6 Å². The maximum atomic E-state index is 13.8. The molecule has 0 aliphatic rings. The molecular formula is C18H13ClF3N3O2. The van der Waals surface area contributed by atoms with Crippen LogP contribution in [-0.4, -0.2) is 22.9 Å². The Balaban J connectivity index is 1.68. The Morgan fingerprint density at radius 1 is 1.07 bits per heavy atom. The molecule has 0 unspecified atom stereocenters. The highest BCUT2D eigenvalue weighted by molar-refractivity contribution is 6.32. The van der Waals surface area contributed by atoms with Crippen molar-refractivity contribution in [3.05, 3.63) is 81.5 Å². The maximum Gasteiger partial charge on any atom is 0.292 e. The van der Waals surface area contributed by atoms with Gasteiger partial charge >= 0.3 is 0 Å². The number of anilines is 1. The maximum absolute atomic E-state index is 13.8. The van der Waals surface area contributed by atoms with E-state index in [-0.39, 0.29) is 35.4 Å². The summed E-state index contributed by atoms with van der Waals surface area (Å²) in [6.07, 6.45) is 1.25. The van der Waals surface area contributed by atoms with Gasteiger partial charge in [0.25, 0.3) is 5.56 Å². The van der Waals surface area contributed by atoms with Gasteiger partial charge in [0.05, 0.1) is 11.9 Å². The van der Waals surface area contributed by atoms with Crippen LogP contribution in [0.1, 0.15) is 0 Å². The lowest BCUT2D eigenvalue weighted by Gasteiger charge is -2.11. The van der Waals surface area contributed by atoms with Crippen LogP contribution in [0.15, 0.2) is 53.5 Å². The number of nitrogens with zero attached hydrogens (tertiary/aromatic N) is 2. The fraction of sp³-hybridized carbons (Fsp3) is 0.111. The predicted octanol–water partition coefficient (Wildman–Crippen LogP) is 3.79. The van der Waals surface area contributed by atoms with Crippen molar-refractivity contribution in [1.29, 1.82) is 0 Å². The van der Waals surface area contributed by atoms with Crippen molar-refractivity contribution in [1.82, 2.24) is 9.78 Å². The van der Waals surface area contributed by atoms with Crippen LogP contribution in [0.2, 0.25) is 5.02 Å². The number of hydrogen-bond donors (Lipinski definition) is 1. The molecule has 0 amide bonds. The minimum atomic E-state index is -0.936. The van der Waals surface area contributed by atoms with E-state index in [0.717, 1.165) is 16.8 Å². The summed E-state index contributed by atoms with van der Waals surface area (Å²) in [5, 5.41) is 6.54. The number of rotatable bonds is 6. The molecule has 1 heterocycles. The van der Waals surface area contributed by atoms with Gasteiger partial charge in [-0.25, -0.2) is 13.2 Å². The van der Waals surface area contributed by atoms with Crippen LogP contribution in [0, 0.1) is 17.5 Å². The average Bonchev–Trinajstić information content (AvgIpc) is 2.64. The van der Waals surface area contributed by atoms with Crippen molar-refractivity contribution in [2.75, 3.05) is 18.5 Å². The SMILES string of the molecule is O=c1c(Cl)c(NCCOc2ccc(F)cc2)cnn1-c1ccc(F)cc1F. The molecule has 0 saturated carbocycles. The monoisotopic (exact) mass is 395 g/mol. The van der Waals surface area contributed by atoms with Gasteiger partial charge in [0.1, 0.15) is 34.7 Å². The Bertz CT molecular complexity index is 1010. The molecule has 5 nitrogen and oxygen atoms in total. The van der Waals surface area contributed by atoms with Gasteiger partial charge in [-0.3, -0.25) is 4.79 Å². The van der Waals surface area contributed by atoms with Crippen molar-refractivity contribution >= 4 is 17.3 Å². The van der Waals surface area contributed by atoms with Crippen LogP contribution in [0.25, 0.3) is 5.69 Å². The fourth-order valence-corrected chi connectivity index (χ4v) is 2.46. The highest BCUT2D eigenvalue weighted by Crippen LogP contribution is 2.18. The lowest BCUT2D eigenvalue weighted by molar-refractivity contribution is 0.332. The van der Waals surface area contributed by atoms with Crippen LogP contribution in [0.3, 0.4) is 0 Å². The van der Waals surface area contributed by atoms with Gasteiger partial charge in [-0.15, -0.1) is 0 Å². The van der Waals surface area contributed by atoms with Gasteiger partial charge in [0.2, 0.25) is 0 Å². The molecule has 3 rings (SSSR count). The zero-order chi connectivity index (χ0) is 19.4. The lowest BCUT2D eigenvalue weighted by atomic mass is 10.3. The van der Waals surface area contributed by atoms with Crippen molar-refractivity contribution < 1.29 is 17.9 Å². The number of ether oxygens (including phenoxy) is 1. The highest BCUT2D eigenvalue weighted by atomic mass is 35.5. The molecule has 0 aliphatic heterocycles. The molecule has 0 spiro atoms. The third-order valence-corrected chi connectivity index (χ3v) is 3.92. The summed E-state index contributed by atoms with van der Waals surface area (Å²) in [5.74, 6) is -1.58. The molecule has 2 aromatic carbocycles. The Labute approximate surface area is 157 Å². The third kappa shape index (κ3) is 4.40. The topological polar surface area (TPSA) is 56.1 Å². The zero-order valence-corrected chi connectivity index (χ0v) is 14.5. The molecule has 140 valence electrons. The van der Waals surface area contributed by atoms with Crippen LogP contribution >= 0.6 is 11.6 Å². The van der Waals surface area contributed by atoms with E-state index in [1.54, 1.807) is 0 Å². The average molecular weight is 396 g/mol. The molecule has 3 aromatic rings. The van der Waals surface area contributed by atoms with Gasteiger partial charge < -0.3 is 10.1 Å². The molecule has 1 aromatic heterocycles. The van der Waals surface area contributed by atoms with E-state index in [1.165, 1.54) is 30.5 Å². The van der Waals surface area contributed by atoms with Crippen LogP contribution in [0.4, 0.5) is 18.9 Å². The molecule has 1 N–H and O–H groups in total. The van der Waals surface area contributed by atoms with Crippen LogP contribution < -0.4 is 15.6 Å². The van der Waals surface area contributed by atoms with E-state index in [0.29, 0.717) is 11.8 Å². The third-order valence-electron chi connectivity index (χ3n) is 3.56. The lowest BCUT2D eigenvalue weighted by Crippen LogP contribution is -2.24. The quantitative estimate of drug-likeness (QED) is 0.645. The van der Waals surface area contributed by atoms with E-state index >= 15 is 0 Å². The highest BCUT2D eigenvalue weighted by Gasteiger charge is 2.14. The number of benzene rings is 2. The molecule has 27 heavy (non-hydrogen) atoms. The largest absolute Gasteiger partial charge is 0.492 e. The van der Waals surface area contributed by atoms with Gasteiger partial charge in [-0.05, 0) is 36.4 Å². The molecule has 0 aliphatic carbocycles. The van der Waals surface area contributed by atoms with Crippen molar-refractivity contribution in [3.63, 3.8) is 0 Å². The summed E-state index contributed by atoms with van der Waals surface area (Å²) in [5.41, 5.74) is -0.732. The summed E-state index contributed by atoms with van der Waals surface area (Å²) in [7, 11) is 0. The predicted molar refractivity (Wildman–Crippen MR) is 95.1 cm³/mol. The first kappa shape index (κ1) is 18.8. The van der Waals surface area contributed by atoms with Gasteiger partial charge in [0, 0.05) is 12.6 Å². The normalized spacial score (nSPS) is 10.7. The van der Waals surface area contributed by atoms with E-state index in [1.807, 2.05) is 0 Å². The summed E-state index contributed by atoms with van der Waals surface area (Å²) in [4.78, 5) is 12.3. The van der Waals surface area contributed by atoms with Crippen molar-refractivity contribution in [3.8, 4) is 11.4 Å². The summed E-state index contributed by atoms with van der Waals surface area (Å²) < 4.78 is 45.8. The van der Waals surface area contributed by atoms with E-state index in [9.17, 15) is 18.0 Å². The van der Waals surface area contributed by atoms with Crippen LogP contribution in [-0.2, 0) is 0 Å². The Hall–Kier alpha value is -3.00. The van der Waals surface area contributed by atoms with E-state index in [2.05, 4.69) is 10.4 Å². The molecule has 0 saturated heterocycles. The van der Waals surface area contributed by atoms with Gasteiger partial charge in [-0.2, -0.15) is 9.78 Å². The molecule has 0 fully saturated rings. The number of halogens is 4. The summed E-state index contributed by atoms with van der Waals surface area (Å²) in [6.45, 7) is 0.505. The zero-order valence-electron chi connectivity index (χ0n) is 13.8. The van der Waals surface area contributed by atoms with E-state index in [4.69, 9.17) is 16.3 Å². The van der Waals surface area contributed by atoms with Crippen molar-refractivity contribution in [2.24, 2.45) is 0 Å². The minimum Gasteiger partial charge on any atom is -0.492 e. The summed E-state index contributed by atoms with van der Waals surface area (Å²) in [6, 6.07) is 8.29. The van der Waals surface area contributed by atoms with Crippen LogP contribution in [0.5, 0.6) is 5.75 Å². The molecule has 9 heteroatoms. The first-order valence-corrected chi connectivity index (χ1v) is 8.19. The molecule has 0 radical (unpaired) electrons. The second kappa shape index (κ2) is 8.13. The number of aromatic nitrogens is 2. The minimum absolute atomic E-state index is 0.199. The van der Waals surface area contributed by atoms with Gasteiger partial charge in [0.15, 0.2) is 5.82 Å². The molecule has 0 bridgehead atoms. The first-order chi connectivity index (χ1) is 13.0. The fourth-order valence-electron chi connectivity index (χ4n) is 2.27. The standard InChI is InChI=1S/C18H13ClF3N3O2/c19-17-15(23-7-8-27-13-4-1-11(20)2-5-13)10-24-25(18(17)26)16-6-3-12(21)9-14(16)22/h1-6,9-10,23H,7-8H2. The Morgan fingerprint density at radius 3 is 2.48 bits per heavy atom.